The number of thiophene rings is 1. The van der Waals surface area contributed by atoms with Gasteiger partial charge in [0.2, 0.25) is 5.91 Å². The van der Waals surface area contributed by atoms with E-state index in [2.05, 4.69) is 6.07 Å². The van der Waals surface area contributed by atoms with Crippen molar-refractivity contribution in [2.75, 3.05) is 31.1 Å². The monoisotopic (exact) mass is 384 g/mol. The average Bonchev–Trinajstić information content (AvgIpc) is 3.23. The van der Waals surface area contributed by atoms with Gasteiger partial charge in [0.25, 0.3) is 5.91 Å². The summed E-state index contributed by atoms with van der Waals surface area (Å²) in [5.41, 5.74) is 0.577. The van der Waals surface area contributed by atoms with Crippen molar-refractivity contribution in [3.63, 3.8) is 0 Å². The van der Waals surface area contributed by atoms with E-state index >= 15 is 0 Å². The number of morpholine rings is 1. The zero-order valence-electron chi connectivity index (χ0n) is 15.3. The standard InChI is InChI=1S/C21H24N2O3S/c24-19(9-8-18-7-4-14-27-18)22-12-10-21(11-13-22)16-23(20(25)15-26-21)17-5-2-1-3-6-17/h1-7,14H,8-13,15-16H2. The fourth-order valence-electron chi connectivity index (χ4n) is 3.87. The van der Waals surface area contributed by atoms with Crippen LogP contribution in [0.4, 0.5) is 5.69 Å². The molecule has 27 heavy (non-hydrogen) atoms. The van der Waals surface area contributed by atoms with Crippen molar-refractivity contribution in [3.8, 4) is 0 Å². The van der Waals surface area contributed by atoms with E-state index in [1.807, 2.05) is 51.6 Å². The maximum Gasteiger partial charge on any atom is 0.253 e. The number of aryl methyl sites for hydroxylation is 1. The lowest BCUT2D eigenvalue weighted by atomic mass is 9.88. The molecule has 2 aliphatic heterocycles. The Hall–Kier alpha value is -2.18. The molecule has 1 spiro atoms. The second kappa shape index (κ2) is 7.82. The zero-order chi connectivity index (χ0) is 18.7. The molecule has 0 unspecified atom stereocenters. The fourth-order valence-corrected chi connectivity index (χ4v) is 4.58. The number of nitrogens with zero attached hydrogens (tertiary/aromatic N) is 2. The van der Waals surface area contributed by atoms with E-state index in [-0.39, 0.29) is 24.0 Å². The van der Waals surface area contributed by atoms with Crippen molar-refractivity contribution in [3.05, 3.63) is 52.7 Å². The summed E-state index contributed by atoms with van der Waals surface area (Å²) in [4.78, 5) is 29.9. The van der Waals surface area contributed by atoms with Crippen molar-refractivity contribution < 1.29 is 14.3 Å². The molecule has 0 atom stereocenters. The van der Waals surface area contributed by atoms with Crippen LogP contribution in [0.25, 0.3) is 0 Å². The van der Waals surface area contributed by atoms with Gasteiger partial charge in [-0.1, -0.05) is 24.3 Å². The molecule has 2 saturated heterocycles. The van der Waals surface area contributed by atoms with E-state index in [0.29, 0.717) is 26.1 Å². The van der Waals surface area contributed by atoms with Gasteiger partial charge in [0, 0.05) is 30.1 Å². The minimum Gasteiger partial charge on any atom is -0.363 e. The van der Waals surface area contributed by atoms with Gasteiger partial charge in [0.05, 0.1) is 12.1 Å². The number of ether oxygens (including phenoxy) is 1. The van der Waals surface area contributed by atoms with Gasteiger partial charge < -0.3 is 14.5 Å². The first-order valence-corrected chi connectivity index (χ1v) is 10.3. The van der Waals surface area contributed by atoms with Crippen molar-refractivity contribution in [1.29, 1.82) is 0 Å². The van der Waals surface area contributed by atoms with E-state index in [0.717, 1.165) is 24.9 Å². The highest BCUT2D eigenvalue weighted by Crippen LogP contribution is 2.33. The maximum atomic E-state index is 12.5. The molecule has 0 saturated carbocycles. The van der Waals surface area contributed by atoms with Crippen molar-refractivity contribution in [2.24, 2.45) is 0 Å². The summed E-state index contributed by atoms with van der Waals surface area (Å²) in [6, 6.07) is 13.9. The molecule has 0 aliphatic carbocycles. The third-order valence-corrected chi connectivity index (χ3v) is 6.45. The number of para-hydroxylation sites is 1. The molecule has 2 amide bonds. The highest BCUT2D eigenvalue weighted by Gasteiger charge is 2.43. The van der Waals surface area contributed by atoms with Crippen LogP contribution < -0.4 is 4.90 Å². The summed E-state index contributed by atoms with van der Waals surface area (Å²) in [6.07, 6.45) is 2.91. The van der Waals surface area contributed by atoms with Crippen LogP contribution in [0.15, 0.2) is 47.8 Å². The Balaban J connectivity index is 1.35. The van der Waals surface area contributed by atoms with E-state index in [1.54, 1.807) is 11.3 Å². The van der Waals surface area contributed by atoms with E-state index in [9.17, 15) is 9.59 Å². The van der Waals surface area contributed by atoms with Crippen molar-refractivity contribution in [2.45, 2.75) is 31.3 Å². The highest BCUT2D eigenvalue weighted by atomic mass is 32.1. The van der Waals surface area contributed by atoms with Crippen LogP contribution in [0.2, 0.25) is 0 Å². The number of amides is 2. The molecule has 142 valence electrons. The first-order valence-electron chi connectivity index (χ1n) is 9.45. The van der Waals surface area contributed by atoms with Crippen LogP contribution in [0.1, 0.15) is 24.1 Å². The van der Waals surface area contributed by atoms with E-state index in [1.165, 1.54) is 4.88 Å². The molecule has 1 aromatic heterocycles. The van der Waals surface area contributed by atoms with Crippen LogP contribution in [0.5, 0.6) is 0 Å². The summed E-state index contributed by atoms with van der Waals surface area (Å²) in [6.45, 7) is 2.06. The van der Waals surface area contributed by atoms with E-state index < -0.39 is 0 Å². The lowest BCUT2D eigenvalue weighted by Crippen LogP contribution is -2.59. The van der Waals surface area contributed by atoms with Crippen LogP contribution in [-0.2, 0) is 20.7 Å². The highest BCUT2D eigenvalue weighted by molar-refractivity contribution is 7.09. The number of carbonyl (C=O) groups excluding carboxylic acids is 2. The molecular formula is C21H24N2O3S. The number of benzene rings is 1. The predicted molar refractivity (Wildman–Crippen MR) is 106 cm³/mol. The number of anilines is 1. The van der Waals surface area contributed by atoms with Gasteiger partial charge in [-0.2, -0.15) is 0 Å². The minimum absolute atomic E-state index is 0.00118. The van der Waals surface area contributed by atoms with Crippen molar-refractivity contribution in [1.82, 2.24) is 4.90 Å². The fraction of sp³-hybridized carbons (Fsp3) is 0.429. The summed E-state index contributed by atoms with van der Waals surface area (Å²) >= 11 is 1.70. The summed E-state index contributed by atoms with van der Waals surface area (Å²) in [5, 5.41) is 2.05. The molecule has 1 aromatic carbocycles. The second-order valence-electron chi connectivity index (χ2n) is 7.25. The topological polar surface area (TPSA) is 49.9 Å². The van der Waals surface area contributed by atoms with E-state index in [4.69, 9.17) is 4.74 Å². The van der Waals surface area contributed by atoms with Gasteiger partial charge in [0.15, 0.2) is 0 Å². The van der Waals surface area contributed by atoms with Crippen LogP contribution in [0, 0.1) is 0 Å². The Morgan fingerprint density at radius 2 is 1.89 bits per heavy atom. The van der Waals surface area contributed by atoms with Crippen LogP contribution in [0.3, 0.4) is 0 Å². The van der Waals surface area contributed by atoms with Crippen LogP contribution in [-0.4, -0.2) is 48.6 Å². The number of carbonyl (C=O) groups is 2. The lowest BCUT2D eigenvalue weighted by Gasteiger charge is -2.47. The first-order chi connectivity index (χ1) is 13.2. The lowest BCUT2D eigenvalue weighted by molar-refractivity contribution is -0.150. The summed E-state index contributed by atoms with van der Waals surface area (Å²) in [5.74, 6) is 0.214. The van der Waals surface area contributed by atoms with Gasteiger partial charge in [-0.3, -0.25) is 9.59 Å². The normalized spacial score (nSPS) is 19.5. The zero-order valence-corrected chi connectivity index (χ0v) is 16.1. The Kier molecular flexibility index (Phi) is 5.27. The number of hydrogen-bond acceptors (Lipinski definition) is 4. The molecule has 2 fully saturated rings. The second-order valence-corrected chi connectivity index (χ2v) is 8.28. The van der Waals surface area contributed by atoms with Crippen molar-refractivity contribution >= 4 is 28.8 Å². The quantitative estimate of drug-likeness (QED) is 0.814. The number of hydrogen-bond donors (Lipinski definition) is 0. The molecule has 3 heterocycles. The van der Waals surface area contributed by atoms with Gasteiger partial charge in [0.1, 0.15) is 6.61 Å². The Morgan fingerprint density at radius 1 is 1.11 bits per heavy atom. The molecule has 5 nitrogen and oxygen atoms in total. The van der Waals surface area contributed by atoms with Gasteiger partial charge >= 0.3 is 0 Å². The number of piperidine rings is 1. The smallest absolute Gasteiger partial charge is 0.253 e. The molecule has 0 radical (unpaired) electrons. The average molecular weight is 385 g/mol. The maximum absolute atomic E-state index is 12.5. The molecule has 0 bridgehead atoms. The number of rotatable bonds is 4. The summed E-state index contributed by atoms with van der Waals surface area (Å²) < 4.78 is 5.99. The van der Waals surface area contributed by atoms with Crippen LogP contribution >= 0.6 is 11.3 Å². The molecule has 2 aliphatic rings. The molecule has 2 aromatic rings. The Labute approximate surface area is 163 Å². The van der Waals surface area contributed by atoms with Gasteiger partial charge in [-0.25, -0.2) is 0 Å². The molecule has 4 rings (SSSR count). The molecular weight excluding hydrogens is 360 g/mol. The Bertz CT molecular complexity index is 783. The minimum atomic E-state index is -0.339. The Morgan fingerprint density at radius 3 is 2.59 bits per heavy atom. The largest absolute Gasteiger partial charge is 0.363 e. The SMILES string of the molecule is O=C(CCc1cccs1)N1CCC2(CC1)CN(c1ccccc1)C(=O)CO2. The van der Waals surface area contributed by atoms with Gasteiger partial charge in [-0.05, 0) is 42.8 Å². The predicted octanol–water partition coefficient (Wildman–Crippen LogP) is 3.11. The van der Waals surface area contributed by atoms with Gasteiger partial charge in [-0.15, -0.1) is 11.3 Å². The third kappa shape index (κ3) is 4.06. The summed E-state index contributed by atoms with van der Waals surface area (Å²) in [7, 11) is 0. The first kappa shape index (κ1) is 18.2. The third-order valence-electron chi connectivity index (χ3n) is 5.51. The number of likely N-dealkylation sites (tertiary alicyclic amines) is 1. The molecule has 0 N–H and O–H groups in total. The molecule has 6 heteroatoms.